The minimum Gasteiger partial charge on any atom is -0.386 e. The Labute approximate surface area is 110 Å². The van der Waals surface area contributed by atoms with Gasteiger partial charge in [0.2, 0.25) is 0 Å². The molecule has 3 nitrogen and oxygen atoms in total. The van der Waals surface area contributed by atoms with Gasteiger partial charge in [0.25, 0.3) is 0 Å². The summed E-state index contributed by atoms with van der Waals surface area (Å²) in [5, 5.41) is 15.0. The molecule has 0 aliphatic carbocycles. The number of aliphatic hydroxyl groups excluding tert-OH is 1. The third kappa shape index (κ3) is 3.18. The van der Waals surface area contributed by atoms with Crippen LogP contribution in [0.5, 0.6) is 0 Å². The van der Waals surface area contributed by atoms with Crippen molar-refractivity contribution < 1.29 is 9.90 Å². The van der Waals surface area contributed by atoms with E-state index in [4.69, 9.17) is 0 Å². The summed E-state index contributed by atoms with van der Waals surface area (Å²) in [5.74, 6) is 0.0557. The van der Waals surface area contributed by atoms with Gasteiger partial charge in [-0.3, -0.25) is 4.79 Å². The van der Waals surface area contributed by atoms with Crippen LogP contribution in [0.15, 0.2) is 41.8 Å². The molecular formula is C14H15NO2S. The number of anilines is 1. The zero-order chi connectivity index (χ0) is 13.0. The lowest BCUT2D eigenvalue weighted by Gasteiger charge is -2.11. The predicted octanol–water partition coefficient (Wildman–Crippen LogP) is 3.10. The van der Waals surface area contributed by atoms with Crippen molar-refractivity contribution in [2.75, 3.05) is 11.9 Å². The Bertz CT molecular complexity index is 505. The first kappa shape index (κ1) is 12.8. The van der Waals surface area contributed by atoms with E-state index in [9.17, 15) is 9.90 Å². The molecule has 0 saturated heterocycles. The van der Waals surface area contributed by atoms with Gasteiger partial charge in [0.15, 0.2) is 5.78 Å². The van der Waals surface area contributed by atoms with Crippen molar-refractivity contribution in [1.29, 1.82) is 0 Å². The van der Waals surface area contributed by atoms with Crippen LogP contribution in [-0.2, 0) is 0 Å². The SMILES string of the molecule is CC(=O)c1ccc(NCC(O)c2cccs2)cc1. The summed E-state index contributed by atoms with van der Waals surface area (Å²) < 4.78 is 0. The van der Waals surface area contributed by atoms with Crippen molar-refractivity contribution in [3.05, 3.63) is 52.2 Å². The Morgan fingerprint density at radius 2 is 2.06 bits per heavy atom. The van der Waals surface area contributed by atoms with Crippen LogP contribution in [0.25, 0.3) is 0 Å². The number of thiophene rings is 1. The number of ketones is 1. The molecule has 4 heteroatoms. The molecule has 18 heavy (non-hydrogen) atoms. The fourth-order valence-corrected chi connectivity index (χ4v) is 2.33. The second kappa shape index (κ2) is 5.80. The lowest BCUT2D eigenvalue weighted by molar-refractivity contribution is 0.101. The number of carbonyl (C=O) groups is 1. The van der Waals surface area contributed by atoms with Crippen molar-refractivity contribution in [3.63, 3.8) is 0 Å². The van der Waals surface area contributed by atoms with E-state index in [1.807, 2.05) is 29.6 Å². The van der Waals surface area contributed by atoms with Gasteiger partial charge in [-0.1, -0.05) is 6.07 Å². The number of carbonyl (C=O) groups excluding carboxylic acids is 1. The van der Waals surface area contributed by atoms with Crippen molar-refractivity contribution in [1.82, 2.24) is 0 Å². The van der Waals surface area contributed by atoms with Gasteiger partial charge in [0.1, 0.15) is 6.10 Å². The van der Waals surface area contributed by atoms with Crippen molar-refractivity contribution >= 4 is 22.8 Å². The normalized spacial score (nSPS) is 12.1. The van der Waals surface area contributed by atoms with Crippen molar-refractivity contribution in [2.24, 2.45) is 0 Å². The van der Waals surface area contributed by atoms with E-state index >= 15 is 0 Å². The largest absolute Gasteiger partial charge is 0.386 e. The number of benzene rings is 1. The molecule has 1 unspecified atom stereocenters. The highest BCUT2D eigenvalue weighted by molar-refractivity contribution is 7.10. The minimum absolute atomic E-state index is 0.0557. The van der Waals surface area contributed by atoms with Crippen molar-refractivity contribution in [3.8, 4) is 0 Å². The molecule has 2 N–H and O–H groups in total. The zero-order valence-corrected chi connectivity index (χ0v) is 10.9. The second-order valence-corrected chi connectivity index (χ2v) is 5.02. The van der Waals surface area contributed by atoms with Crippen LogP contribution in [0.3, 0.4) is 0 Å². The van der Waals surface area contributed by atoms with Crippen molar-refractivity contribution in [2.45, 2.75) is 13.0 Å². The minimum atomic E-state index is -0.502. The summed E-state index contributed by atoms with van der Waals surface area (Å²) in [6.45, 7) is 2.00. The van der Waals surface area contributed by atoms with Crippen LogP contribution in [0, 0.1) is 0 Å². The molecule has 0 amide bonds. The molecule has 1 aromatic carbocycles. The quantitative estimate of drug-likeness (QED) is 0.813. The van der Waals surface area contributed by atoms with Crippen LogP contribution in [0.1, 0.15) is 28.3 Å². The summed E-state index contributed by atoms with van der Waals surface area (Å²) in [5.41, 5.74) is 1.59. The molecule has 0 saturated carbocycles. The van der Waals surface area contributed by atoms with Gasteiger partial charge in [-0.25, -0.2) is 0 Å². The average Bonchev–Trinajstić information content (AvgIpc) is 2.90. The molecule has 0 radical (unpaired) electrons. The fourth-order valence-electron chi connectivity index (χ4n) is 1.62. The predicted molar refractivity (Wildman–Crippen MR) is 74.2 cm³/mol. The molecule has 2 aromatic rings. The smallest absolute Gasteiger partial charge is 0.159 e. The van der Waals surface area contributed by atoms with E-state index < -0.39 is 6.10 Å². The molecule has 1 atom stereocenters. The number of rotatable bonds is 5. The van der Waals surface area contributed by atoms with Crippen LogP contribution >= 0.6 is 11.3 Å². The van der Waals surface area contributed by atoms with Crippen LogP contribution in [0.2, 0.25) is 0 Å². The van der Waals surface area contributed by atoms with Crippen LogP contribution in [-0.4, -0.2) is 17.4 Å². The lowest BCUT2D eigenvalue weighted by atomic mass is 10.1. The summed E-state index contributed by atoms with van der Waals surface area (Å²) in [7, 11) is 0. The first-order valence-corrected chi connectivity index (χ1v) is 6.61. The Kier molecular flexibility index (Phi) is 4.12. The van der Waals surface area contributed by atoms with Gasteiger partial charge in [-0.2, -0.15) is 0 Å². The molecule has 0 aliphatic rings. The Balaban J connectivity index is 1.92. The third-order valence-electron chi connectivity index (χ3n) is 2.66. The highest BCUT2D eigenvalue weighted by Crippen LogP contribution is 2.19. The van der Waals surface area contributed by atoms with E-state index in [2.05, 4.69) is 5.32 Å². The molecule has 0 fully saturated rings. The van der Waals surface area contributed by atoms with E-state index in [0.29, 0.717) is 12.1 Å². The third-order valence-corrected chi connectivity index (χ3v) is 3.64. The van der Waals surface area contributed by atoms with Gasteiger partial charge in [0.05, 0.1) is 0 Å². The first-order valence-electron chi connectivity index (χ1n) is 5.73. The topological polar surface area (TPSA) is 49.3 Å². The molecule has 2 rings (SSSR count). The first-order chi connectivity index (χ1) is 8.66. The zero-order valence-electron chi connectivity index (χ0n) is 10.1. The summed E-state index contributed by atoms with van der Waals surface area (Å²) >= 11 is 1.54. The summed E-state index contributed by atoms with van der Waals surface area (Å²) in [6.07, 6.45) is -0.502. The molecule has 1 heterocycles. The van der Waals surface area contributed by atoms with E-state index in [1.165, 1.54) is 11.3 Å². The highest BCUT2D eigenvalue weighted by atomic mass is 32.1. The average molecular weight is 261 g/mol. The molecule has 94 valence electrons. The number of aliphatic hydroxyl groups is 1. The monoisotopic (exact) mass is 261 g/mol. The standard InChI is InChI=1S/C14H15NO2S/c1-10(16)11-4-6-12(7-5-11)15-9-13(17)14-3-2-8-18-14/h2-8,13,15,17H,9H2,1H3. The fraction of sp³-hybridized carbons (Fsp3) is 0.214. The van der Waals surface area contributed by atoms with Gasteiger partial charge in [-0.05, 0) is 42.6 Å². The van der Waals surface area contributed by atoms with Crippen LogP contribution in [0.4, 0.5) is 5.69 Å². The van der Waals surface area contributed by atoms with E-state index in [-0.39, 0.29) is 5.78 Å². The van der Waals surface area contributed by atoms with Gasteiger partial charge in [0, 0.05) is 22.7 Å². The summed E-state index contributed by atoms with van der Waals surface area (Å²) in [4.78, 5) is 12.1. The van der Waals surface area contributed by atoms with Crippen LogP contribution < -0.4 is 5.32 Å². The number of hydrogen-bond acceptors (Lipinski definition) is 4. The Morgan fingerprint density at radius 1 is 1.33 bits per heavy atom. The van der Waals surface area contributed by atoms with E-state index in [1.54, 1.807) is 19.1 Å². The number of nitrogens with one attached hydrogen (secondary N) is 1. The molecular weight excluding hydrogens is 246 g/mol. The molecule has 0 bridgehead atoms. The Morgan fingerprint density at radius 3 is 2.61 bits per heavy atom. The maximum absolute atomic E-state index is 11.1. The summed E-state index contributed by atoms with van der Waals surface area (Å²) in [6, 6.07) is 11.1. The lowest BCUT2D eigenvalue weighted by Crippen LogP contribution is -2.11. The molecule has 0 spiro atoms. The Hall–Kier alpha value is -1.65. The van der Waals surface area contributed by atoms with E-state index in [0.717, 1.165) is 10.6 Å². The second-order valence-electron chi connectivity index (χ2n) is 4.05. The highest BCUT2D eigenvalue weighted by Gasteiger charge is 2.07. The maximum Gasteiger partial charge on any atom is 0.159 e. The van der Waals surface area contributed by atoms with Gasteiger partial charge < -0.3 is 10.4 Å². The number of hydrogen-bond donors (Lipinski definition) is 2. The van der Waals surface area contributed by atoms with Gasteiger partial charge in [-0.15, -0.1) is 11.3 Å². The molecule has 0 aliphatic heterocycles. The molecule has 1 aromatic heterocycles. The van der Waals surface area contributed by atoms with Gasteiger partial charge >= 0.3 is 0 Å². The maximum atomic E-state index is 11.1. The number of Topliss-reactive ketones (excluding diaryl/α,β-unsaturated/α-hetero) is 1.